The molecule has 4 rings (SSSR count). The molecular formula is C25H22F3N3O2. The predicted octanol–water partition coefficient (Wildman–Crippen LogP) is 5.12. The summed E-state index contributed by atoms with van der Waals surface area (Å²) in [5, 5.41) is 2.78. The summed E-state index contributed by atoms with van der Waals surface area (Å²) in [4.78, 5) is 28.4. The Balaban J connectivity index is 1.38. The quantitative estimate of drug-likeness (QED) is 0.564. The number of nitrogens with zero attached hydrogens (tertiary/aromatic N) is 2. The van der Waals surface area contributed by atoms with Crippen molar-refractivity contribution in [1.29, 1.82) is 0 Å². The second-order valence-corrected chi connectivity index (χ2v) is 7.89. The van der Waals surface area contributed by atoms with E-state index in [2.05, 4.69) is 5.32 Å². The Bertz CT molecular complexity index is 1130. The van der Waals surface area contributed by atoms with E-state index in [1.165, 1.54) is 24.3 Å². The molecule has 33 heavy (non-hydrogen) atoms. The van der Waals surface area contributed by atoms with Crippen LogP contribution in [0.4, 0.5) is 29.3 Å². The van der Waals surface area contributed by atoms with E-state index >= 15 is 0 Å². The number of carbonyl (C=O) groups is 2. The van der Waals surface area contributed by atoms with Gasteiger partial charge in [0.05, 0.1) is 6.42 Å². The number of halogens is 3. The molecule has 1 N–H and O–H groups in total. The van der Waals surface area contributed by atoms with Gasteiger partial charge >= 0.3 is 6.03 Å². The van der Waals surface area contributed by atoms with Crippen LogP contribution >= 0.6 is 0 Å². The molecule has 0 aromatic heterocycles. The van der Waals surface area contributed by atoms with Crippen LogP contribution in [0.1, 0.15) is 17.5 Å². The van der Waals surface area contributed by atoms with Crippen molar-refractivity contribution in [1.82, 2.24) is 4.90 Å². The van der Waals surface area contributed by atoms with Gasteiger partial charge in [-0.2, -0.15) is 0 Å². The highest BCUT2D eigenvalue weighted by Gasteiger charge is 2.27. The summed E-state index contributed by atoms with van der Waals surface area (Å²) in [6.45, 7) is 1.12. The molecule has 1 aliphatic rings. The van der Waals surface area contributed by atoms with Gasteiger partial charge in [-0.15, -0.1) is 0 Å². The largest absolute Gasteiger partial charge is 0.326 e. The minimum Gasteiger partial charge on any atom is -0.326 e. The Morgan fingerprint density at radius 1 is 0.818 bits per heavy atom. The lowest BCUT2D eigenvalue weighted by Crippen LogP contribution is -2.49. The fraction of sp³-hybridized carbons (Fsp3) is 0.200. The highest BCUT2D eigenvalue weighted by atomic mass is 19.1. The van der Waals surface area contributed by atoms with Gasteiger partial charge in [-0.3, -0.25) is 9.69 Å². The first-order valence-corrected chi connectivity index (χ1v) is 10.5. The van der Waals surface area contributed by atoms with Crippen molar-refractivity contribution >= 4 is 23.3 Å². The number of nitrogens with one attached hydrogen (secondary N) is 1. The number of urea groups is 1. The number of rotatable bonds is 6. The number of benzene rings is 3. The van der Waals surface area contributed by atoms with Crippen LogP contribution in [-0.4, -0.2) is 29.9 Å². The highest BCUT2D eigenvalue weighted by molar-refractivity contribution is 5.94. The zero-order valence-electron chi connectivity index (χ0n) is 17.7. The SMILES string of the molecule is O=C(Cc1ccc(F)cc1)Nc1ccc(N2CCCN(Cc3cc(F)cc(F)c3)C2=O)cc1. The summed E-state index contributed by atoms with van der Waals surface area (Å²) >= 11 is 0. The molecule has 0 saturated carbocycles. The maximum Gasteiger partial charge on any atom is 0.324 e. The summed E-state index contributed by atoms with van der Waals surface area (Å²) < 4.78 is 40.0. The summed E-state index contributed by atoms with van der Waals surface area (Å²) in [6, 6.07) is 15.6. The molecule has 3 aromatic rings. The molecule has 1 saturated heterocycles. The molecule has 5 nitrogen and oxygen atoms in total. The predicted molar refractivity (Wildman–Crippen MR) is 119 cm³/mol. The normalized spacial score (nSPS) is 13.8. The molecule has 0 atom stereocenters. The zero-order chi connectivity index (χ0) is 23.4. The van der Waals surface area contributed by atoms with Crippen LogP contribution in [0.2, 0.25) is 0 Å². The lowest BCUT2D eigenvalue weighted by Gasteiger charge is -2.35. The van der Waals surface area contributed by atoms with Gasteiger partial charge in [-0.05, 0) is 66.1 Å². The number of anilines is 2. The fourth-order valence-corrected chi connectivity index (χ4v) is 3.81. The van der Waals surface area contributed by atoms with E-state index in [1.54, 1.807) is 46.2 Å². The molecule has 0 spiro atoms. The molecule has 1 aliphatic heterocycles. The van der Waals surface area contributed by atoms with E-state index < -0.39 is 11.6 Å². The first-order chi connectivity index (χ1) is 15.9. The molecule has 0 bridgehead atoms. The highest BCUT2D eigenvalue weighted by Crippen LogP contribution is 2.24. The third-order valence-corrected chi connectivity index (χ3v) is 5.35. The summed E-state index contributed by atoms with van der Waals surface area (Å²) in [5.74, 6) is -1.95. The van der Waals surface area contributed by atoms with Gasteiger partial charge < -0.3 is 10.2 Å². The lowest BCUT2D eigenvalue weighted by molar-refractivity contribution is -0.115. The van der Waals surface area contributed by atoms with Crippen molar-refractivity contribution in [2.24, 2.45) is 0 Å². The van der Waals surface area contributed by atoms with Gasteiger partial charge in [-0.1, -0.05) is 12.1 Å². The van der Waals surface area contributed by atoms with Crippen LogP contribution in [0.3, 0.4) is 0 Å². The van der Waals surface area contributed by atoms with E-state index in [-0.39, 0.29) is 30.7 Å². The van der Waals surface area contributed by atoms with Crippen molar-refractivity contribution in [3.8, 4) is 0 Å². The zero-order valence-corrected chi connectivity index (χ0v) is 17.7. The van der Waals surface area contributed by atoms with E-state index in [0.29, 0.717) is 42.0 Å². The molecule has 1 heterocycles. The molecule has 3 aromatic carbocycles. The van der Waals surface area contributed by atoms with Crippen molar-refractivity contribution in [2.75, 3.05) is 23.3 Å². The topological polar surface area (TPSA) is 52.7 Å². The smallest absolute Gasteiger partial charge is 0.324 e. The van der Waals surface area contributed by atoms with Crippen molar-refractivity contribution < 1.29 is 22.8 Å². The average molecular weight is 453 g/mol. The number of amides is 3. The standard InChI is InChI=1S/C25H22F3N3O2/c26-19-4-2-17(3-5-19)14-24(32)29-22-6-8-23(9-7-22)31-11-1-10-30(25(31)33)16-18-12-20(27)15-21(28)13-18/h2-9,12-13,15H,1,10-11,14,16H2,(H,29,32). The first-order valence-electron chi connectivity index (χ1n) is 10.5. The van der Waals surface area contributed by atoms with Gasteiger partial charge in [0.15, 0.2) is 0 Å². The van der Waals surface area contributed by atoms with Crippen LogP contribution in [0.15, 0.2) is 66.7 Å². The van der Waals surface area contributed by atoms with Crippen LogP contribution in [0.25, 0.3) is 0 Å². The third-order valence-electron chi connectivity index (χ3n) is 5.35. The Morgan fingerprint density at radius 3 is 2.15 bits per heavy atom. The number of hydrogen-bond donors (Lipinski definition) is 1. The van der Waals surface area contributed by atoms with Gasteiger partial charge in [-0.25, -0.2) is 18.0 Å². The fourth-order valence-electron chi connectivity index (χ4n) is 3.81. The Morgan fingerprint density at radius 2 is 1.48 bits per heavy atom. The average Bonchev–Trinajstić information content (AvgIpc) is 2.77. The third kappa shape index (κ3) is 5.71. The summed E-state index contributed by atoms with van der Waals surface area (Å²) in [5.41, 5.74) is 2.32. The van der Waals surface area contributed by atoms with Crippen LogP contribution in [-0.2, 0) is 17.8 Å². The van der Waals surface area contributed by atoms with Gasteiger partial charge in [0.2, 0.25) is 5.91 Å². The van der Waals surface area contributed by atoms with E-state index in [9.17, 15) is 22.8 Å². The van der Waals surface area contributed by atoms with E-state index in [1.807, 2.05) is 0 Å². The molecule has 8 heteroatoms. The minimum absolute atomic E-state index is 0.113. The Hall–Kier alpha value is -3.81. The maximum atomic E-state index is 13.5. The van der Waals surface area contributed by atoms with Crippen molar-refractivity contribution in [3.05, 3.63) is 95.3 Å². The second kappa shape index (κ2) is 9.77. The van der Waals surface area contributed by atoms with Crippen LogP contribution < -0.4 is 10.2 Å². The summed E-state index contributed by atoms with van der Waals surface area (Å²) in [7, 11) is 0. The van der Waals surface area contributed by atoms with E-state index in [4.69, 9.17) is 0 Å². The monoisotopic (exact) mass is 453 g/mol. The van der Waals surface area contributed by atoms with Crippen molar-refractivity contribution in [3.63, 3.8) is 0 Å². The first kappa shape index (κ1) is 22.4. The molecule has 0 unspecified atom stereocenters. The number of carbonyl (C=O) groups excluding carboxylic acids is 2. The molecule has 0 radical (unpaired) electrons. The number of hydrogen-bond acceptors (Lipinski definition) is 2. The molecular weight excluding hydrogens is 431 g/mol. The Labute approximate surface area is 189 Å². The summed E-state index contributed by atoms with van der Waals surface area (Å²) in [6.07, 6.45) is 0.821. The molecule has 0 aliphatic carbocycles. The van der Waals surface area contributed by atoms with Gasteiger partial charge in [0.25, 0.3) is 0 Å². The molecule has 1 fully saturated rings. The van der Waals surface area contributed by atoms with E-state index in [0.717, 1.165) is 6.07 Å². The van der Waals surface area contributed by atoms with Gasteiger partial charge in [0, 0.05) is 37.1 Å². The van der Waals surface area contributed by atoms with Crippen LogP contribution in [0, 0.1) is 17.5 Å². The van der Waals surface area contributed by atoms with Crippen molar-refractivity contribution in [2.45, 2.75) is 19.4 Å². The molecule has 3 amide bonds. The Kier molecular flexibility index (Phi) is 6.63. The maximum absolute atomic E-state index is 13.5. The second-order valence-electron chi connectivity index (χ2n) is 7.89. The lowest BCUT2D eigenvalue weighted by atomic mass is 10.1. The van der Waals surface area contributed by atoms with Crippen LogP contribution in [0.5, 0.6) is 0 Å². The molecule has 170 valence electrons. The minimum atomic E-state index is -0.677. The van der Waals surface area contributed by atoms with Gasteiger partial charge in [0.1, 0.15) is 17.5 Å².